The number of aliphatic hydroxyl groups is 1. The molecule has 1 aliphatic carbocycles. The van der Waals surface area contributed by atoms with Crippen LogP contribution in [0.1, 0.15) is 37.7 Å². The van der Waals surface area contributed by atoms with Crippen molar-refractivity contribution in [2.24, 2.45) is 0 Å². The maximum absolute atomic E-state index is 10.0. The molecule has 2 unspecified atom stereocenters. The summed E-state index contributed by atoms with van der Waals surface area (Å²) in [5, 5.41) is 13.5. The van der Waals surface area contributed by atoms with Gasteiger partial charge in [0, 0.05) is 24.3 Å². The molecule has 1 aliphatic rings. The van der Waals surface area contributed by atoms with Gasteiger partial charge in [0.05, 0.1) is 13.2 Å². The van der Waals surface area contributed by atoms with E-state index in [2.05, 4.69) is 10.3 Å². The van der Waals surface area contributed by atoms with Gasteiger partial charge in [-0.3, -0.25) is 0 Å². The van der Waals surface area contributed by atoms with Crippen LogP contribution in [0, 0.1) is 0 Å². The van der Waals surface area contributed by atoms with E-state index in [4.69, 9.17) is 4.74 Å². The van der Waals surface area contributed by atoms with Gasteiger partial charge in [0.25, 0.3) is 0 Å². The molecular weight excluding hydrogens is 228 g/mol. The van der Waals surface area contributed by atoms with Crippen LogP contribution in [-0.2, 0) is 6.54 Å². The number of nitrogens with one attached hydrogen (secondary N) is 1. The molecule has 100 valence electrons. The Bertz CT molecular complexity index is 371. The molecule has 0 amide bonds. The predicted octanol–water partition coefficient (Wildman–Crippen LogP) is 1.87. The summed E-state index contributed by atoms with van der Waals surface area (Å²) in [5.41, 5.74) is 1.04. The molecule has 1 aromatic heterocycles. The highest BCUT2D eigenvalue weighted by Crippen LogP contribution is 2.19. The minimum Gasteiger partial charge on any atom is -0.481 e. The number of pyridine rings is 1. The van der Waals surface area contributed by atoms with Gasteiger partial charge in [0.2, 0.25) is 5.88 Å². The van der Waals surface area contributed by atoms with Gasteiger partial charge in [-0.2, -0.15) is 0 Å². The Labute approximate surface area is 108 Å². The molecule has 1 aromatic rings. The standard InChI is InChI=1S/C14H22N2O2/c1-18-14-11(6-5-9-15-14)10-16-12-7-3-2-4-8-13(12)17/h5-6,9,12-13,16-17H,2-4,7-8,10H2,1H3. The van der Waals surface area contributed by atoms with Crippen LogP contribution in [0.4, 0.5) is 0 Å². The van der Waals surface area contributed by atoms with E-state index in [1.54, 1.807) is 13.3 Å². The van der Waals surface area contributed by atoms with Crippen LogP contribution in [0.25, 0.3) is 0 Å². The lowest BCUT2D eigenvalue weighted by Crippen LogP contribution is -2.38. The molecule has 18 heavy (non-hydrogen) atoms. The minimum atomic E-state index is -0.227. The number of aliphatic hydroxyl groups excluding tert-OH is 1. The zero-order valence-corrected chi connectivity index (χ0v) is 10.9. The molecule has 0 aromatic carbocycles. The second-order valence-electron chi connectivity index (χ2n) is 4.86. The predicted molar refractivity (Wildman–Crippen MR) is 70.5 cm³/mol. The lowest BCUT2D eigenvalue weighted by Gasteiger charge is -2.22. The van der Waals surface area contributed by atoms with Crippen molar-refractivity contribution < 1.29 is 9.84 Å². The summed E-state index contributed by atoms with van der Waals surface area (Å²) in [7, 11) is 1.63. The van der Waals surface area contributed by atoms with E-state index in [1.807, 2.05) is 12.1 Å². The van der Waals surface area contributed by atoms with E-state index in [1.165, 1.54) is 12.8 Å². The Morgan fingerprint density at radius 1 is 1.39 bits per heavy atom. The first-order valence-electron chi connectivity index (χ1n) is 6.70. The van der Waals surface area contributed by atoms with E-state index >= 15 is 0 Å². The molecule has 1 saturated carbocycles. The van der Waals surface area contributed by atoms with Crippen molar-refractivity contribution in [3.05, 3.63) is 23.9 Å². The number of nitrogens with zero attached hydrogens (tertiary/aromatic N) is 1. The van der Waals surface area contributed by atoms with Crippen LogP contribution in [0.3, 0.4) is 0 Å². The van der Waals surface area contributed by atoms with Crippen molar-refractivity contribution >= 4 is 0 Å². The largest absolute Gasteiger partial charge is 0.481 e. The van der Waals surface area contributed by atoms with E-state index in [0.29, 0.717) is 12.4 Å². The molecule has 2 atom stereocenters. The second kappa shape index (κ2) is 6.71. The second-order valence-corrected chi connectivity index (χ2v) is 4.86. The summed E-state index contributed by atoms with van der Waals surface area (Å²) in [6.45, 7) is 0.693. The molecule has 4 nitrogen and oxygen atoms in total. The highest BCUT2D eigenvalue weighted by atomic mass is 16.5. The molecule has 1 fully saturated rings. The van der Waals surface area contributed by atoms with Crippen LogP contribution in [0.5, 0.6) is 5.88 Å². The van der Waals surface area contributed by atoms with Crippen LogP contribution >= 0.6 is 0 Å². The topological polar surface area (TPSA) is 54.4 Å². The normalized spacial score (nSPS) is 24.6. The SMILES string of the molecule is COc1ncccc1CNC1CCCCCC1O. The Kier molecular flexibility index (Phi) is 4.96. The number of methoxy groups -OCH3 is 1. The molecule has 0 aliphatic heterocycles. The van der Waals surface area contributed by atoms with Crippen molar-refractivity contribution in [2.45, 2.75) is 50.8 Å². The number of hydrogen-bond acceptors (Lipinski definition) is 4. The van der Waals surface area contributed by atoms with Crippen molar-refractivity contribution in [3.8, 4) is 5.88 Å². The first-order valence-corrected chi connectivity index (χ1v) is 6.70. The molecule has 0 saturated heterocycles. The lowest BCUT2D eigenvalue weighted by atomic mass is 10.1. The summed E-state index contributed by atoms with van der Waals surface area (Å²) < 4.78 is 5.22. The van der Waals surface area contributed by atoms with E-state index in [0.717, 1.165) is 24.8 Å². The average Bonchev–Trinajstić information content (AvgIpc) is 2.61. The first-order chi connectivity index (χ1) is 8.81. The third-order valence-electron chi connectivity index (χ3n) is 3.58. The summed E-state index contributed by atoms with van der Waals surface area (Å²) >= 11 is 0. The smallest absolute Gasteiger partial charge is 0.217 e. The average molecular weight is 250 g/mol. The maximum atomic E-state index is 10.0. The Hall–Kier alpha value is -1.13. The molecule has 0 bridgehead atoms. The summed E-state index contributed by atoms with van der Waals surface area (Å²) in [6.07, 6.45) is 7.00. The van der Waals surface area contributed by atoms with Gasteiger partial charge in [-0.05, 0) is 18.9 Å². The fourth-order valence-corrected chi connectivity index (χ4v) is 2.51. The highest BCUT2D eigenvalue weighted by molar-refractivity contribution is 5.25. The van der Waals surface area contributed by atoms with Gasteiger partial charge in [-0.25, -0.2) is 4.98 Å². The van der Waals surface area contributed by atoms with Crippen LogP contribution in [0.2, 0.25) is 0 Å². The van der Waals surface area contributed by atoms with Crippen LogP contribution in [-0.4, -0.2) is 29.3 Å². The van der Waals surface area contributed by atoms with Crippen molar-refractivity contribution in [3.63, 3.8) is 0 Å². The number of aromatic nitrogens is 1. The zero-order valence-electron chi connectivity index (χ0n) is 10.9. The molecule has 2 N–H and O–H groups in total. The first kappa shape index (κ1) is 13.3. The summed E-state index contributed by atoms with van der Waals surface area (Å²) in [4.78, 5) is 4.17. The zero-order chi connectivity index (χ0) is 12.8. The molecule has 0 radical (unpaired) electrons. The maximum Gasteiger partial charge on any atom is 0.217 e. The van der Waals surface area contributed by atoms with Gasteiger partial charge in [-0.1, -0.05) is 25.3 Å². The highest BCUT2D eigenvalue weighted by Gasteiger charge is 2.21. The Morgan fingerprint density at radius 3 is 3.06 bits per heavy atom. The molecule has 4 heteroatoms. The molecule has 0 spiro atoms. The monoisotopic (exact) mass is 250 g/mol. The van der Waals surface area contributed by atoms with Gasteiger partial charge in [0.15, 0.2) is 0 Å². The molecule has 1 heterocycles. The summed E-state index contributed by atoms with van der Waals surface area (Å²) in [5.74, 6) is 0.660. The Balaban J connectivity index is 1.93. The molecular formula is C14H22N2O2. The van der Waals surface area contributed by atoms with E-state index < -0.39 is 0 Å². The van der Waals surface area contributed by atoms with Gasteiger partial charge in [0.1, 0.15) is 0 Å². The fourth-order valence-electron chi connectivity index (χ4n) is 2.51. The lowest BCUT2D eigenvalue weighted by molar-refractivity contribution is 0.119. The third-order valence-corrected chi connectivity index (χ3v) is 3.58. The fraction of sp³-hybridized carbons (Fsp3) is 0.643. The van der Waals surface area contributed by atoms with Crippen LogP contribution in [0.15, 0.2) is 18.3 Å². The summed E-state index contributed by atoms with van der Waals surface area (Å²) in [6, 6.07) is 4.10. The Morgan fingerprint density at radius 2 is 2.22 bits per heavy atom. The number of hydrogen-bond donors (Lipinski definition) is 2. The minimum absolute atomic E-state index is 0.192. The van der Waals surface area contributed by atoms with E-state index in [9.17, 15) is 5.11 Å². The molecule has 2 rings (SSSR count). The number of rotatable bonds is 4. The number of ether oxygens (including phenoxy) is 1. The van der Waals surface area contributed by atoms with E-state index in [-0.39, 0.29) is 12.1 Å². The van der Waals surface area contributed by atoms with Gasteiger partial charge < -0.3 is 15.2 Å². The van der Waals surface area contributed by atoms with Crippen LogP contribution < -0.4 is 10.1 Å². The quantitative estimate of drug-likeness (QED) is 0.801. The van der Waals surface area contributed by atoms with Gasteiger partial charge in [-0.15, -0.1) is 0 Å². The van der Waals surface area contributed by atoms with Crippen molar-refractivity contribution in [2.75, 3.05) is 7.11 Å². The van der Waals surface area contributed by atoms with Gasteiger partial charge >= 0.3 is 0 Å². The van der Waals surface area contributed by atoms with Crippen molar-refractivity contribution in [1.82, 2.24) is 10.3 Å². The van der Waals surface area contributed by atoms with Crippen molar-refractivity contribution in [1.29, 1.82) is 0 Å². The third kappa shape index (κ3) is 3.43.